The number of aliphatic carboxylic acids is 1. The SMILES string of the molecule is COC(=O)c1ccc(NC(=O)CCCCC(=O)O)cc1. The molecular weight excluding hydrogens is 262 g/mol. The van der Waals surface area contributed by atoms with E-state index in [1.165, 1.54) is 7.11 Å². The summed E-state index contributed by atoms with van der Waals surface area (Å²) >= 11 is 0. The number of hydrogen-bond donors (Lipinski definition) is 2. The fraction of sp³-hybridized carbons (Fsp3) is 0.357. The number of methoxy groups -OCH3 is 1. The Labute approximate surface area is 116 Å². The minimum Gasteiger partial charge on any atom is -0.481 e. The van der Waals surface area contributed by atoms with E-state index in [4.69, 9.17) is 5.11 Å². The highest BCUT2D eigenvalue weighted by Gasteiger charge is 2.06. The number of carboxylic acid groups (broad SMARTS) is 1. The van der Waals surface area contributed by atoms with Crippen LogP contribution in [0.25, 0.3) is 0 Å². The number of amides is 1. The van der Waals surface area contributed by atoms with Crippen molar-refractivity contribution in [2.45, 2.75) is 25.7 Å². The molecule has 0 bridgehead atoms. The average molecular weight is 279 g/mol. The molecule has 0 aliphatic heterocycles. The number of hydrogen-bond acceptors (Lipinski definition) is 4. The maximum absolute atomic E-state index is 11.6. The van der Waals surface area contributed by atoms with E-state index >= 15 is 0 Å². The summed E-state index contributed by atoms with van der Waals surface area (Å²) in [5.74, 6) is -1.47. The van der Waals surface area contributed by atoms with Crippen molar-refractivity contribution in [1.29, 1.82) is 0 Å². The molecule has 0 saturated carbocycles. The van der Waals surface area contributed by atoms with Crippen molar-refractivity contribution in [1.82, 2.24) is 0 Å². The quantitative estimate of drug-likeness (QED) is 0.588. The predicted molar refractivity (Wildman–Crippen MR) is 72.5 cm³/mol. The number of carbonyl (C=O) groups is 3. The van der Waals surface area contributed by atoms with E-state index in [9.17, 15) is 14.4 Å². The highest BCUT2D eigenvalue weighted by atomic mass is 16.5. The largest absolute Gasteiger partial charge is 0.481 e. The predicted octanol–water partition coefficient (Wildman–Crippen LogP) is 2.06. The molecule has 0 atom stereocenters. The van der Waals surface area contributed by atoms with Gasteiger partial charge in [-0.15, -0.1) is 0 Å². The molecule has 0 heterocycles. The minimum absolute atomic E-state index is 0.0705. The maximum atomic E-state index is 11.6. The molecule has 0 aliphatic carbocycles. The third kappa shape index (κ3) is 5.51. The fourth-order valence-electron chi connectivity index (χ4n) is 1.59. The molecule has 2 N–H and O–H groups in total. The van der Waals surface area contributed by atoms with Crippen LogP contribution in [-0.2, 0) is 14.3 Å². The van der Waals surface area contributed by atoms with Gasteiger partial charge in [0.1, 0.15) is 0 Å². The van der Waals surface area contributed by atoms with Crippen LogP contribution in [0.15, 0.2) is 24.3 Å². The molecule has 1 amide bonds. The Balaban J connectivity index is 2.38. The normalized spacial score (nSPS) is 9.85. The van der Waals surface area contributed by atoms with Crippen LogP contribution in [0.4, 0.5) is 5.69 Å². The first kappa shape index (κ1) is 15.7. The summed E-state index contributed by atoms with van der Waals surface area (Å²) in [5.41, 5.74) is 0.993. The fourth-order valence-corrected chi connectivity index (χ4v) is 1.59. The zero-order valence-corrected chi connectivity index (χ0v) is 11.2. The van der Waals surface area contributed by atoms with Gasteiger partial charge in [0.05, 0.1) is 12.7 Å². The summed E-state index contributed by atoms with van der Waals surface area (Å²) < 4.78 is 4.57. The molecule has 6 nitrogen and oxygen atoms in total. The number of benzene rings is 1. The summed E-state index contributed by atoms with van der Waals surface area (Å²) in [7, 11) is 1.30. The van der Waals surface area contributed by atoms with Crippen molar-refractivity contribution in [2.24, 2.45) is 0 Å². The first-order chi connectivity index (χ1) is 9.52. The molecule has 6 heteroatoms. The molecule has 0 spiro atoms. The summed E-state index contributed by atoms with van der Waals surface area (Å²) in [4.78, 5) is 33.1. The van der Waals surface area contributed by atoms with E-state index in [0.717, 1.165) is 0 Å². The lowest BCUT2D eigenvalue weighted by Gasteiger charge is -2.05. The van der Waals surface area contributed by atoms with Crippen LogP contribution in [0, 0.1) is 0 Å². The molecule has 20 heavy (non-hydrogen) atoms. The molecule has 0 radical (unpaired) electrons. The van der Waals surface area contributed by atoms with Crippen molar-refractivity contribution in [3.63, 3.8) is 0 Å². The van der Waals surface area contributed by atoms with Crippen LogP contribution in [0.5, 0.6) is 0 Å². The van der Waals surface area contributed by atoms with Crippen LogP contribution < -0.4 is 5.32 Å². The van der Waals surface area contributed by atoms with Gasteiger partial charge < -0.3 is 15.2 Å². The Morgan fingerprint density at radius 3 is 2.25 bits per heavy atom. The van der Waals surface area contributed by atoms with E-state index in [1.807, 2.05) is 0 Å². The van der Waals surface area contributed by atoms with Crippen LogP contribution in [0.3, 0.4) is 0 Å². The van der Waals surface area contributed by atoms with Crippen molar-refractivity contribution in [3.8, 4) is 0 Å². The maximum Gasteiger partial charge on any atom is 0.337 e. The molecule has 0 unspecified atom stereocenters. The first-order valence-corrected chi connectivity index (χ1v) is 6.23. The van der Waals surface area contributed by atoms with Gasteiger partial charge in [-0.3, -0.25) is 9.59 Å². The van der Waals surface area contributed by atoms with Gasteiger partial charge >= 0.3 is 11.9 Å². The monoisotopic (exact) mass is 279 g/mol. The molecule has 108 valence electrons. The topological polar surface area (TPSA) is 92.7 Å². The van der Waals surface area contributed by atoms with Gasteiger partial charge in [-0.2, -0.15) is 0 Å². The average Bonchev–Trinajstić information content (AvgIpc) is 2.43. The molecule has 0 aliphatic rings. The molecule has 1 rings (SSSR count). The number of ether oxygens (including phenoxy) is 1. The van der Waals surface area contributed by atoms with E-state index in [0.29, 0.717) is 24.1 Å². The molecule has 1 aromatic carbocycles. The second kappa shape index (κ2) is 7.93. The Kier molecular flexibility index (Phi) is 6.22. The first-order valence-electron chi connectivity index (χ1n) is 6.23. The number of unbranched alkanes of at least 4 members (excludes halogenated alkanes) is 1. The standard InChI is InChI=1S/C14H17NO5/c1-20-14(19)10-6-8-11(9-7-10)15-12(16)4-2-3-5-13(17)18/h6-9H,2-5H2,1H3,(H,15,16)(H,17,18). The van der Waals surface area contributed by atoms with Crippen LogP contribution in [0.2, 0.25) is 0 Å². The Hall–Kier alpha value is -2.37. The molecule has 0 saturated heterocycles. The lowest BCUT2D eigenvalue weighted by molar-refractivity contribution is -0.137. The zero-order chi connectivity index (χ0) is 15.0. The van der Waals surface area contributed by atoms with Gasteiger partial charge in [-0.1, -0.05) is 0 Å². The zero-order valence-electron chi connectivity index (χ0n) is 11.2. The second-order valence-corrected chi connectivity index (χ2v) is 4.22. The van der Waals surface area contributed by atoms with E-state index in [-0.39, 0.29) is 18.7 Å². The molecule has 0 fully saturated rings. The van der Waals surface area contributed by atoms with Crippen LogP contribution in [-0.4, -0.2) is 30.1 Å². The lowest BCUT2D eigenvalue weighted by Crippen LogP contribution is -2.11. The molecular formula is C14H17NO5. The van der Waals surface area contributed by atoms with Gasteiger partial charge in [-0.25, -0.2) is 4.79 Å². The van der Waals surface area contributed by atoms with Gasteiger partial charge in [0.25, 0.3) is 0 Å². The number of rotatable bonds is 7. The number of carboxylic acids is 1. The lowest BCUT2D eigenvalue weighted by atomic mass is 10.1. The van der Waals surface area contributed by atoms with Crippen LogP contribution >= 0.6 is 0 Å². The highest BCUT2D eigenvalue weighted by molar-refractivity contribution is 5.93. The Bertz CT molecular complexity index is 481. The Morgan fingerprint density at radius 2 is 1.70 bits per heavy atom. The van der Waals surface area contributed by atoms with E-state index in [1.54, 1.807) is 24.3 Å². The van der Waals surface area contributed by atoms with Crippen molar-refractivity contribution < 1.29 is 24.2 Å². The van der Waals surface area contributed by atoms with Crippen molar-refractivity contribution >= 4 is 23.5 Å². The smallest absolute Gasteiger partial charge is 0.337 e. The molecule has 0 aromatic heterocycles. The minimum atomic E-state index is -0.858. The second-order valence-electron chi connectivity index (χ2n) is 4.22. The highest BCUT2D eigenvalue weighted by Crippen LogP contribution is 2.11. The van der Waals surface area contributed by atoms with Gasteiger partial charge in [0, 0.05) is 18.5 Å². The number of esters is 1. The number of nitrogens with one attached hydrogen (secondary N) is 1. The number of anilines is 1. The summed E-state index contributed by atoms with van der Waals surface area (Å²) in [5, 5.41) is 11.1. The van der Waals surface area contributed by atoms with Gasteiger partial charge in [0.15, 0.2) is 0 Å². The summed E-state index contributed by atoms with van der Waals surface area (Å²) in [6.45, 7) is 0. The van der Waals surface area contributed by atoms with Crippen LogP contribution in [0.1, 0.15) is 36.0 Å². The summed E-state index contributed by atoms with van der Waals surface area (Å²) in [6.07, 6.45) is 1.34. The Morgan fingerprint density at radius 1 is 1.10 bits per heavy atom. The van der Waals surface area contributed by atoms with E-state index in [2.05, 4.69) is 10.1 Å². The van der Waals surface area contributed by atoms with Gasteiger partial charge in [-0.05, 0) is 37.1 Å². The summed E-state index contributed by atoms with van der Waals surface area (Å²) in [6, 6.07) is 6.35. The molecule has 1 aromatic rings. The number of carbonyl (C=O) groups excluding carboxylic acids is 2. The van der Waals surface area contributed by atoms with Crippen molar-refractivity contribution in [3.05, 3.63) is 29.8 Å². The van der Waals surface area contributed by atoms with Gasteiger partial charge in [0.2, 0.25) is 5.91 Å². The third-order valence-corrected chi connectivity index (χ3v) is 2.63. The van der Waals surface area contributed by atoms with Crippen molar-refractivity contribution in [2.75, 3.05) is 12.4 Å². The van der Waals surface area contributed by atoms with E-state index < -0.39 is 11.9 Å². The third-order valence-electron chi connectivity index (χ3n) is 2.63.